The predicted octanol–water partition coefficient (Wildman–Crippen LogP) is 2.99. The first-order valence-electron chi connectivity index (χ1n) is 5.37. The van der Waals surface area contributed by atoms with Gasteiger partial charge in [-0.3, -0.25) is 5.32 Å². The Balaban J connectivity index is 2.00. The molecule has 1 N–H and O–H groups in total. The lowest BCUT2D eigenvalue weighted by atomic mass is 10.1. The molecule has 4 nitrogen and oxygen atoms in total. The van der Waals surface area contributed by atoms with E-state index in [2.05, 4.69) is 17.2 Å². The molecule has 2 aromatic heterocycles. The Kier molecular flexibility index (Phi) is 3.10. The summed E-state index contributed by atoms with van der Waals surface area (Å²) in [7, 11) is 0. The van der Waals surface area contributed by atoms with Crippen LogP contribution in [0.3, 0.4) is 0 Å². The van der Waals surface area contributed by atoms with Crippen LogP contribution in [-0.4, -0.2) is 4.98 Å². The smallest absolute Gasteiger partial charge is 0.211 e. The van der Waals surface area contributed by atoms with Crippen molar-refractivity contribution in [2.45, 2.75) is 32.9 Å². The van der Waals surface area contributed by atoms with Gasteiger partial charge in [-0.1, -0.05) is 0 Å². The molecular weight excluding hydrogens is 204 g/mol. The normalized spacial score (nSPS) is 14.9. The van der Waals surface area contributed by atoms with E-state index in [0.29, 0.717) is 5.89 Å². The Morgan fingerprint density at radius 1 is 1.31 bits per heavy atom. The van der Waals surface area contributed by atoms with Gasteiger partial charge in [0.15, 0.2) is 0 Å². The van der Waals surface area contributed by atoms with Crippen molar-refractivity contribution in [3.05, 3.63) is 42.0 Å². The molecule has 0 amide bonds. The Morgan fingerprint density at radius 3 is 2.69 bits per heavy atom. The van der Waals surface area contributed by atoms with E-state index in [-0.39, 0.29) is 12.1 Å². The van der Waals surface area contributed by atoms with Crippen molar-refractivity contribution in [3.63, 3.8) is 0 Å². The van der Waals surface area contributed by atoms with E-state index < -0.39 is 0 Å². The highest BCUT2D eigenvalue weighted by molar-refractivity contribution is 5.11. The van der Waals surface area contributed by atoms with Gasteiger partial charge in [0.2, 0.25) is 5.89 Å². The van der Waals surface area contributed by atoms with Crippen LogP contribution < -0.4 is 5.32 Å². The van der Waals surface area contributed by atoms with Gasteiger partial charge in [-0.05, 0) is 26.8 Å². The predicted molar refractivity (Wildman–Crippen MR) is 59.9 cm³/mol. The van der Waals surface area contributed by atoms with Gasteiger partial charge in [-0.25, -0.2) is 4.98 Å². The highest BCUT2D eigenvalue weighted by Gasteiger charge is 2.15. The third-order valence-corrected chi connectivity index (χ3v) is 2.55. The van der Waals surface area contributed by atoms with Gasteiger partial charge in [0.1, 0.15) is 5.76 Å². The van der Waals surface area contributed by atoms with Gasteiger partial charge < -0.3 is 8.83 Å². The summed E-state index contributed by atoms with van der Waals surface area (Å²) in [6, 6.07) is 2.24. The average molecular weight is 220 g/mol. The summed E-state index contributed by atoms with van der Waals surface area (Å²) in [6.45, 7) is 6.00. The first-order valence-corrected chi connectivity index (χ1v) is 5.37. The number of nitrogens with zero attached hydrogens (tertiary/aromatic N) is 1. The second kappa shape index (κ2) is 4.53. The molecule has 0 aliphatic carbocycles. The average Bonchev–Trinajstić information content (AvgIpc) is 2.87. The Morgan fingerprint density at radius 2 is 2.12 bits per heavy atom. The molecule has 0 saturated heterocycles. The lowest BCUT2D eigenvalue weighted by molar-refractivity contribution is 0.379. The number of oxazole rings is 1. The van der Waals surface area contributed by atoms with Crippen LogP contribution in [0.5, 0.6) is 0 Å². The molecule has 2 atom stereocenters. The van der Waals surface area contributed by atoms with Gasteiger partial charge in [-0.2, -0.15) is 0 Å². The molecular formula is C12H16N2O2. The van der Waals surface area contributed by atoms with Crippen LogP contribution in [0, 0.1) is 6.92 Å². The van der Waals surface area contributed by atoms with Crippen LogP contribution in [0.4, 0.5) is 0 Å². The van der Waals surface area contributed by atoms with Crippen molar-refractivity contribution in [1.29, 1.82) is 0 Å². The Hall–Kier alpha value is -1.55. The summed E-state index contributed by atoms with van der Waals surface area (Å²) in [6.07, 6.45) is 5.15. The SMILES string of the molecule is Cc1cnc(C(C)NC(C)c2ccoc2)o1. The van der Waals surface area contributed by atoms with Crippen LogP contribution in [0.15, 0.2) is 33.6 Å². The fourth-order valence-corrected chi connectivity index (χ4v) is 1.64. The quantitative estimate of drug-likeness (QED) is 0.860. The first-order chi connectivity index (χ1) is 7.66. The second-order valence-electron chi connectivity index (χ2n) is 3.98. The summed E-state index contributed by atoms with van der Waals surface area (Å²) in [5.41, 5.74) is 1.12. The molecule has 2 rings (SSSR count). The lowest BCUT2D eigenvalue weighted by Gasteiger charge is -2.16. The van der Waals surface area contributed by atoms with Gasteiger partial charge in [0.05, 0.1) is 24.8 Å². The van der Waals surface area contributed by atoms with Gasteiger partial charge in [0, 0.05) is 11.6 Å². The van der Waals surface area contributed by atoms with E-state index in [1.807, 2.05) is 19.9 Å². The summed E-state index contributed by atoms with van der Waals surface area (Å²) < 4.78 is 10.5. The molecule has 0 aliphatic rings. The zero-order valence-corrected chi connectivity index (χ0v) is 9.73. The third-order valence-electron chi connectivity index (χ3n) is 2.55. The minimum atomic E-state index is 0.0820. The highest BCUT2D eigenvalue weighted by atomic mass is 16.4. The van der Waals surface area contributed by atoms with E-state index >= 15 is 0 Å². The van der Waals surface area contributed by atoms with E-state index in [1.165, 1.54) is 0 Å². The van der Waals surface area contributed by atoms with Crippen molar-refractivity contribution >= 4 is 0 Å². The van der Waals surface area contributed by atoms with E-state index in [9.17, 15) is 0 Å². The van der Waals surface area contributed by atoms with Gasteiger partial charge in [-0.15, -0.1) is 0 Å². The largest absolute Gasteiger partial charge is 0.472 e. The molecule has 0 radical (unpaired) electrons. The molecule has 0 fully saturated rings. The summed E-state index contributed by atoms with van der Waals surface area (Å²) >= 11 is 0. The minimum Gasteiger partial charge on any atom is -0.472 e. The molecule has 2 heterocycles. The molecule has 0 spiro atoms. The molecule has 4 heteroatoms. The molecule has 16 heavy (non-hydrogen) atoms. The van der Waals surface area contributed by atoms with Crippen molar-refractivity contribution in [1.82, 2.24) is 10.3 Å². The zero-order chi connectivity index (χ0) is 11.5. The monoisotopic (exact) mass is 220 g/mol. The lowest BCUT2D eigenvalue weighted by Crippen LogP contribution is -2.22. The van der Waals surface area contributed by atoms with Crippen molar-refractivity contribution in [3.8, 4) is 0 Å². The summed E-state index contributed by atoms with van der Waals surface area (Å²) in [5, 5.41) is 3.40. The van der Waals surface area contributed by atoms with Crippen molar-refractivity contribution < 1.29 is 8.83 Å². The molecule has 0 aromatic carbocycles. The molecule has 0 aliphatic heterocycles. The standard InChI is InChI=1S/C12H16N2O2/c1-8-6-13-12(16-8)10(3)14-9(2)11-4-5-15-7-11/h4-7,9-10,14H,1-3H3. The topological polar surface area (TPSA) is 51.2 Å². The van der Waals surface area contributed by atoms with Crippen LogP contribution in [0.2, 0.25) is 0 Å². The number of nitrogens with one attached hydrogen (secondary N) is 1. The number of rotatable bonds is 4. The maximum Gasteiger partial charge on any atom is 0.211 e. The molecule has 0 bridgehead atoms. The number of hydrogen-bond donors (Lipinski definition) is 1. The van der Waals surface area contributed by atoms with E-state index in [1.54, 1.807) is 18.7 Å². The first kappa shape index (κ1) is 11.0. The van der Waals surface area contributed by atoms with Crippen molar-refractivity contribution in [2.24, 2.45) is 0 Å². The summed E-state index contributed by atoms with van der Waals surface area (Å²) in [4.78, 5) is 4.20. The number of furan rings is 1. The fourth-order valence-electron chi connectivity index (χ4n) is 1.64. The van der Waals surface area contributed by atoms with Crippen LogP contribution in [0.1, 0.15) is 43.1 Å². The number of hydrogen-bond acceptors (Lipinski definition) is 4. The van der Waals surface area contributed by atoms with E-state index in [4.69, 9.17) is 8.83 Å². The van der Waals surface area contributed by atoms with Crippen LogP contribution in [0.25, 0.3) is 0 Å². The molecule has 2 aromatic rings. The second-order valence-corrected chi connectivity index (χ2v) is 3.98. The Labute approximate surface area is 94.7 Å². The molecule has 2 unspecified atom stereocenters. The number of aromatic nitrogens is 1. The number of aryl methyl sites for hydroxylation is 1. The third kappa shape index (κ3) is 2.33. The van der Waals surface area contributed by atoms with Crippen LogP contribution >= 0.6 is 0 Å². The van der Waals surface area contributed by atoms with Crippen LogP contribution in [-0.2, 0) is 0 Å². The summed E-state index contributed by atoms with van der Waals surface area (Å²) in [5.74, 6) is 1.55. The minimum absolute atomic E-state index is 0.0820. The van der Waals surface area contributed by atoms with Crippen molar-refractivity contribution in [2.75, 3.05) is 0 Å². The molecule has 0 saturated carbocycles. The maximum absolute atomic E-state index is 5.47. The zero-order valence-electron chi connectivity index (χ0n) is 9.73. The molecule has 86 valence electrons. The van der Waals surface area contributed by atoms with Gasteiger partial charge in [0.25, 0.3) is 0 Å². The van der Waals surface area contributed by atoms with Gasteiger partial charge >= 0.3 is 0 Å². The Bertz CT molecular complexity index is 434. The highest BCUT2D eigenvalue weighted by Crippen LogP contribution is 2.19. The fraction of sp³-hybridized carbons (Fsp3) is 0.417. The van der Waals surface area contributed by atoms with E-state index in [0.717, 1.165) is 11.3 Å². The maximum atomic E-state index is 5.47.